The third-order valence-electron chi connectivity index (χ3n) is 3.48. The zero-order chi connectivity index (χ0) is 18.6. The van der Waals surface area contributed by atoms with Crippen LogP contribution in [0.4, 0.5) is 15.8 Å². The average molecular weight is 346 g/mol. The van der Waals surface area contributed by atoms with E-state index in [2.05, 4.69) is 5.32 Å². The molecule has 0 aliphatic carbocycles. The fourth-order valence-corrected chi connectivity index (χ4v) is 2.13. The first-order valence-electron chi connectivity index (χ1n) is 7.77. The van der Waals surface area contributed by atoms with Gasteiger partial charge in [-0.25, -0.2) is 4.39 Å². The molecule has 0 heterocycles. The monoisotopic (exact) mass is 346 g/mol. The Bertz CT molecular complexity index is 806. The Morgan fingerprint density at radius 1 is 1.32 bits per heavy atom. The largest absolute Gasteiger partial charge is 0.491 e. The maximum absolute atomic E-state index is 13.9. The van der Waals surface area contributed by atoms with Crippen LogP contribution in [0.1, 0.15) is 29.8 Å². The first-order chi connectivity index (χ1) is 11.8. The molecule has 2 rings (SSSR count). The van der Waals surface area contributed by atoms with Gasteiger partial charge in [0.1, 0.15) is 11.6 Å². The van der Waals surface area contributed by atoms with Crippen LogP contribution in [0.5, 0.6) is 5.75 Å². The first-order valence-corrected chi connectivity index (χ1v) is 7.77. The number of para-hydroxylation sites is 2. The molecule has 2 aromatic rings. The molecule has 6 nitrogen and oxygen atoms in total. The van der Waals surface area contributed by atoms with Gasteiger partial charge in [0.05, 0.1) is 22.8 Å². The molecule has 1 N–H and O–H groups in total. The molecule has 0 unspecified atom stereocenters. The Kier molecular flexibility index (Phi) is 5.69. The quantitative estimate of drug-likeness (QED) is 0.623. The van der Waals surface area contributed by atoms with Crippen molar-refractivity contribution in [2.75, 3.05) is 11.9 Å². The van der Waals surface area contributed by atoms with Crippen LogP contribution >= 0.6 is 0 Å². The summed E-state index contributed by atoms with van der Waals surface area (Å²) in [4.78, 5) is 22.7. The van der Waals surface area contributed by atoms with Gasteiger partial charge in [-0.05, 0) is 31.0 Å². The second-order valence-electron chi connectivity index (χ2n) is 6.01. The van der Waals surface area contributed by atoms with E-state index in [1.807, 2.05) is 13.8 Å². The lowest BCUT2D eigenvalue weighted by atomic mass is 10.1. The Balaban J connectivity index is 2.27. The molecule has 25 heavy (non-hydrogen) atoms. The van der Waals surface area contributed by atoms with Crippen molar-refractivity contribution >= 4 is 17.3 Å². The first kappa shape index (κ1) is 18.4. The Hall–Kier alpha value is -2.96. The second-order valence-corrected chi connectivity index (χ2v) is 6.01. The third kappa shape index (κ3) is 4.53. The van der Waals surface area contributed by atoms with Crippen LogP contribution in [-0.4, -0.2) is 17.4 Å². The van der Waals surface area contributed by atoms with Crippen LogP contribution < -0.4 is 10.1 Å². The highest BCUT2D eigenvalue weighted by molar-refractivity contribution is 6.05. The number of benzene rings is 2. The lowest BCUT2D eigenvalue weighted by Gasteiger charge is -2.14. The maximum Gasteiger partial charge on any atom is 0.276 e. The van der Waals surface area contributed by atoms with Crippen molar-refractivity contribution in [3.8, 4) is 5.75 Å². The number of carbonyl (C=O) groups excluding carboxylic acids is 1. The third-order valence-corrected chi connectivity index (χ3v) is 3.48. The predicted molar refractivity (Wildman–Crippen MR) is 92.5 cm³/mol. The standard InChI is InChI=1S/C18H19FN2O4/c1-11(2)10-25-17-7-5-4-6-15(17)20-18(22)13-8-14(19)12(3)16(9-13)21(23)24/h4-9,11H,10H2,1-3H3,(H,20,22). The van der Waals surface area contributed by atoms with Gasteiger partial charge < -0.3 is 10.1 Å². The Labute approximate surface area is 144 Å². The topological polar surface area (TPSA) is 81.5 Å². The number of nitrogens with zero attached hydrogens (tertiary/aromatic N) is 1. The fourth-order valence-electron chi connectivity index (χ4n) is 2.13. The van der Waals surface area contributed by atoms with Crippen molar-refractivity contribution in [2.24, 2.45) is 5.92 Å². The highest BCUT2D eigenvalue weighted by Crippen LogP contribution is 2.27. The average Bonchev–Trinajstić information content (AvgIpc) is 2.55. The molecular formula is C18H19FN2O4. The number of nitro groups is 1. The van der Waals surface area contributed by atoms with Crippen molar-refractivity contribution in [3.63, 3.8) is 0 Å². The van der Waals surface area contributed by atoms with E-state index >= 15 is 0 Å². The number of hydrogen-bond donors (Lipinski definition) is 1. The minimum Gasteiger partial charge on any atom is -0.491 e. The maximum atomic E-state index is 13.9. The summed E-state index contributed by atoms with van der Waals surface area (Å²) in [5.41, 5.74) is -0.262. The number of hydrogen-bond acceptors (Lipinski definition) is 4. The normalized spacial score (nSPS) is 10.6. The number of rotatable bonds is 6. The molecular weight excluding hydrogens is 327 g/mol. The molecule has 0 aromatic heterocycles. The minimum atomic E-state index is -0.802. The van der Waals surface area contributed by atoms with Gasteiger partial charge >= 0.3 is 0 Å². The van der Waals surface area contributed by atoms with E-state index in [0.717, 1.165) is 12.1 Å². The highest BCUT2D eigenvalue weighted by atomic mass is 19.1. The fraction of sp³-hybridized carbons (Fsp3) is 0.278. The van der Waals surface area contributed by atoms with Crippen LogP contribution in [-0.2, 0) is 0 Å². The summed E-state index contributed by atoms with van der Waals surface area (Å²) in [5, 5.41) is 13.6. The van der Waals surface area contributed by atoms with Gasteiger partial charge in [-0.1, -0.05) is 26.0 Å². The van der Waals surface area contributed by atoms with Crippen molar-refractivity contribution in [3.05, 3.63) is 63.5 Å². The Morgan fingerprint density at radius 3 is 2.64 bits per heavy atom. The summed E-state index contributed by atoms with van der Waals surface area (Å²) in [6, 6.07) is 8.88. The number of nitro benzene ring substituents is 1. The van der Waals surface area contributed by atoms with Crippen LogP contribution in [0.3, 0.4) is 0 Å². The van der Waals surface area contributed by atoms with E-state index in [-0.39, 0.29) is 11.1 Å². The van der Waals surface area contributed by atoms with Crippen LogP contribution in [0.15, 0.2) is 36.4 Å². The molecule has 1 amide bonds. The molecule has 132 valence electrons. The van der Waals surface area contributed by atoms with Gasteiger partial charge in [0, 0.05) is 11.6 Å². The number of halogens is 1. The van der Waals surface area contributed by atoms with E-state index in [1.165, 1.54) is 6.92 Å². The van der Waals surface area contributed by atoms with Gasteiger partial charge in [0.2, 0.25) is 0 Å². The molecule has 0 fully saturated rings. The lowest BCUT2D eigenvalue weighted by Crippen LogP contribution is -2.15. The summed E-state index contributed by atoms with van der Waals surface area (Å²) >= 11 is 0. The molecule has 0 saturated carbocycles. The van der Waals surface area contributed by atoms with Crippen molar-refractivity contribution in [2.45, 2.75) is 20.8 Å². The SMILES string of the molecule is Cc1c(F)cc(C(=O)Nc2ccccc2OCC(C)C)cc1[N+](=O)[O-]. The summed E-state index contributed by atoms with van der Waals surface area (Å²) < 4.78 is 19.5. The van der Waals surface area contributed by atoms with Crippen molar-refractivity contribution in [1.82, 2.24) is 0 Å². The van der Waals surface area contributed by atoms with Crippen LogP contribution in [0.2, 0.25) is 0 Å². The molecule has 7 heteroatoms. The van der Waals surface area contributed by atoms with E-state index in [9.17, 15) is 19.3 Å². The second kappa shape index (κ2) is 7.74. The summed E-state index contributed by atoms with van der Waals surface area (Å²) in [7, 11) is 0. The van der Waals surface area contributed by atoms with E-state index in [4.69, 9.17) is 4.74 Å². The number of anilines is 1. The Morgan fingerprint density at radius 2 is 2.00 bits per heavy atom. The van der Waals surface area contributed by atoms with Gasteiger partial charge in [-0.15, -0.1) is 0 Å². The lowest BCUT2D eigenvalue weighted by molar-refractivity contribution is -0.385. The summed E-state index contributed by atoms with van der Waals surface area (Å²) in [6.07, 6.45) is 0. The van der Waals surface area contributed by atoms with Gasteiger partial charge in [0.25, 0.3) is 11.6 Å². The number of ether oxygens (including phenoxy) is 1. The zero-order valence-electron chi connectivity index (χ0n) is 14.2. The molecule has 0 aliphatic rings. The minimum absolute atomic E-state index is 0.109. The van der Waals surface area contributed by atoms with Crippen molar-refractivity contribution in [1.29, 1.82) is 0 Å². The van der Waals surface area contributed by atoms with Gasteiger partial charge in [-0.2, -0.15) is 0 Å². The van der Waals surface area contributed by atoms with E-state index in [0.29, 0.717) is 24.0 Å². The summed E-state index contributed by atoms with van der Waals surface area (Å²) in [6.45, 7) is 5.76. The predicted octanol–water partition coefficient (Wildman–Crippen LogP) is 4.33. The van der Waals surface area contributed by atoms with Crippen LogP contribution in [0, 0.1) is 28.8 Å². The van der Waals surface area contributed by atoms with Gasteiger partial charge in [-0.3, -0.25) is 14.9 Å². The van der Waals surface area contributed by atoms with E-state index < -0.39 is 22.3 Å². The molecule has 0 aliphatic heterocycles. The number of carbonyl (C=O) groups is 1. The molecule has 0 atom stereocenters. The molecule has 0 radical (unpaired) electrons. The zero-order valence-corrected chi connectivity index (χ0v) is 14.2. The molecule has 0 bridgehead atoms. The number of nitrogens with one attached hydrogen (secondary N) is 1. The van der Waals surface area contributed by atoms with E-state index in [1.54, 1.807) is 24.3 Å². The smallest absolute Gasteiger partial charge is 0.276 e. The molecule has 2 aromatic carbocycles. The van der Waals surface area contributed by atoms with Crippen LogP contribution in [0.25, 0.3) is 0 Å². The molecule has 0 saturated heterocycles. The number of amides is 1. The molecule has 0 spiro atoms. The van der Waals surface area contributed by atoms with Gasteiger partial charge in [0.15, 0.2) is 0 Å². The van der Waals surface area contributed by atoms with Crippen molar-refractivity contribution < 1.29 is 18.8 Å². The summed E-state index contributed by atoms with van der Waals surface area (Å²) in [5.74, 6) is -0.671. The highest BCUT2D eigenvalue weighted by Gasteiger charge is 2.20.